The molecule has 0 bridgehead atoms. The van der Waals surface area contributed by atoms with Crippen molar-refractivity contribution in [3.8, 4) is 0 Å². The molecule has 0 spiro atoms. The summed E-state index contributed by atoms with van der Waals surface area (Å²) in [6.45, 7) is 6.92. The monoisotopic (exact) mass is 368 g/mol. The fourth-order valence-electron chi connectivity index (χ4n) is 3.95. The molecule has 1 amide bonds. The van der Waals surface area contributed by atoms with E-state index in [0.29, 0.717) is 23.8 Å². The van der Waals surface area contributed by atoms with E-state index in [1.165, 1.54) is 18.1 Å². The first-order valence-corrected chi connectivity index (χ1v) is 9.33. The lowest BCUT2D eigenvalue weighted by molar-refractivity contribution is -0.131. The largest absolute Gasteiger partial charge is 0.343 e. The second-order valence-corrected chi connectivity index (χ2v) is 7.58. The van der Waals surface area contributed by atoms with Crippen LogP contribution in [0.25, 0.3) is 0 Å². The second-order valence-electron chi connectivity index (χ2n) is 7.58. The lowest BCUT2D eigenvalue weighted by atomic mass is 9.94. The zero-order chi connectivity index (χ0) is 19.7. The molecule has 6 nitrogen and oxygen atoms in total. The summed E-state index contributed by atoms with van der Waals surface area (Å²) in [6.07, 6.45) is 0.943. The molecule has 27 heavy (non-hydrogen) atoms. The van der Waals surface area contributed by atoms with Gasteiger partial charge in [-0.2, -0.15) is 5.10 Å². The number of ketones is 1. The van der Waals surface area contributed by atoms with E-state index >= 15 is 0 Å². The van der Waals surface area contributed by atoms with Crippen molar-refractivity contribution in [3.05, 3.63) is 52.3 Å². The molecule has 0 fully saturated rings. The van der Waals surface area contributed by atoms with Crippen molar-refractivity contribution in [2.24, 2.45) is 0 Å². The van der Waals surface area contributed by atoms with E-state index < -0.39 is 0 Å². The van der Waals surface area contributed by atoms with Crippen molar-refractivity contribution in [1.82, 2.24) is 19.6 Å². The Morgan fingerprint density at radius 3 is 2.52 bits per heavy atom. The Labute approximate surface area is 160 Å². The van der Waals surface area contributed by atoms with E-state index in [9.17, 15) is 9.59 Å². The Morgan fingerprint density at radius 2 is 1.89 bits per heavy atom. The van der Waals surface area contributed by atoms with Crippen molar-refractivity contribution in [3.63, 3.8) is 0 Å². The Balaban J connectivity index is 1.67. The normalized spacial score (nSPS) is 16.9. The summed E-state index contributed by atoms with van der Waals surface area (Å²) < 4.78 is 1.64. The third-order valence-corrected chi connectivity index (χ3v) is 5.55. The number of amides is 1. The summed E-state index contributed by atoms with van der Waals surface area (Å²) >= 11 is 0. The Hall–Kier alpha value is -2.47. The van der Waals surface area contributed by atoms with Crippen LogP contribution in [0.15, 0.2) is 24.3 Å². The van der Waals surface area contributed by atoms with E-state index in [0.717, 1.165) is 18.7 Å². The predicted octanol–water partition coefficient (Wildman–Crippen LogP) is 2.22. The van der Waals surface area contributed by atoms with E-state index in [4.69, 9.17) is 0 Å². The zero-order valence-corrected chi connectivity index (χ0v) is 16.8. The number of Topliss-reactive ketones (excluding diaryl/α,β-unsaturated/α-hetero) is 1. The molecule has 0 aliphatic carbocycles. The average molecular weight is 368 g/mol. The maximum absolute atomic E-state index is 12.7. The van der Waals surface area contributed by atoms with Gasteiger partial charge in [0.25, 0.3) is 0 Å². The van der Waals surface area contributed by atoms with Gasteiger partial charge in [0.1, 0.15) is 6.54 Å². The van der Waals surface area contributed by atoms with E-state index in [1.807, 2.05) is 20.9 Å². The molecule has 1 aromatic carbocycles. The standard InChI is InChI=1S/C21H28N4O2/c1-14-21(16(3)26)15(2)25(22-14)13-20(27)24(5)12-19-10-17-8-6-7-9-18(17)11-23(19)4/h6-9,19H,10-13H2,1-5H3/t19-/m0/s1. The number of likely N-dealkylation sites (N-methyl/N-ethyl adjacent to an activating group) is 2. The van der Waals surface area contributed by atoms with Crippen LogP contribution in [0.5, 0.6) is 0 Å². The van der Waals surface area contributed by atoms with Crippen LogP contribution in [0.3, 0.4) is 0 Å². The molecule has 0 saturated heterocycles. The van der Waals surface area contributed by atoms with Gasteiger partial charge >= 0.3 is 0 Å². The van der Waals surface area contributed by atoms with E-state index in [-0.39, 0.29) is 18.2 Å². The summed E-state index contributed by atoms with van der Waals surface area (Å²) in [7, 11) is 3.95. The fraction of sp³-hybridized carbons (Fsp3) is 0.476. The molecule has 2 aromatic rings. The highest BCUT2D eigenvalue weighted by atomic mass is 16.2. The lowest BCUT2D eigenvalue weighted by Gasteiger charge is -2.36. The minimum atomic E-state index is -0.0143. The number of hydrogen-bond acceptors (Lipinski definition) is 4. The number of rotatable bonds is 5. The molecule has 1 aromatic heterocycles. The molecule has 6 heteroatoms. The maximum atomic E-state index is 12.7. The predicted molar refractivity (Wildman–Crippen MR) is 105 cm³/mol. The first-order valence-electron chi connectivity index (χ1n) is 9.33. The highest BCUT2D eigenvalue weighted by Crippen LogP contribution is 2.22. The molecule has 1 atom stereocenters. The van der Waals surface area contributed by atoms with Crippen molar-refractivity contribution in [2.45, 2.75) is 46.3 Å². The SMILES string of the molecule is CC(=O)c1c(C)nn(CC(=O)N(C)C[C@@H]2Cc3ccccc3CN2C)c1C. The van der Waals surface area contributed by atoms with Gasteiger partial charge in [0.05, 0.1) is 11.3 Å². The number of hydrogen-bond donors (Lipinski definition) is 0. The molecule has 0 N–H and O–H groups in total. The van der Waals surface area contributed by atoms with Crippen LogP contribution in [0.4, 0.5) is 0 Å². The quantitative estimate of drug-likeness (QED) is 0.760. The Morgan fingerprint density at radius 1 is 1.22 bits per heavy atom. The van der Waals surface area contributed by atoms with Gasteiger partial charge < -0.3 is 4.90 Å². The Bertz CT molecular complexity index is 871. The van der Waals surface area contributed by atoms with Gasteiger partial charge in [-0.05, 0) is 45.4 Å². The number of nitrogens with zero attached hydrogens (tertiary/aromatic N) is 4. The molecular weight excluding hydrogens is 340 g/mol. The first kappa shape index (κ1) is 19.3. The minimum absolute atomic E-state index is 0.00274. The van der Waals surface area contributed by atoms with Crippen LogP contribution in [0.2, 0.25) is 0 Å². The maximum Gasteiger partial charge on any atom is 0.244 e. The van der Waals surface area contributed by atoms with Gasteiger partial charge in [-0.15, -0.1) is 0 Å². The summed E-state index contributed by atoms with van der Waals surface area (Å²) in [5.41, 5.74) is 4.79. The number of aryl methyl sites for hydroxylation is 1. The molecule has 1 aliphatic heterocycles. The average Bonchev–Trinajstić information content (AvgIpc) is 2.89. The van der Waals surface area contributed by atoms with Crippen LogP contribution >= 0.6 is 0 Å². The number of benzene rings is 1. The third kappa shape index (κ3) is 3.95. The topological polar surface area (TPSA) is 58.4 Å². The van der Waals surface area contributed by atoms with Gasteiger partial charge in [0, 0.05) is 31.9 Å². The number of aromatic nitrogens is 2. The van der Waals surface area contributed by atoms with Crippen LogP contribution in [-0.2, 0) is 24.3 Å². The van der Waals surface area contributed by atoms with Gasteiger partial charge in [0.2, 0.25) is 5.91 Å². The van der Waals surface area contributed by atoms with Crippen LogP contribution in [0, 0.1) is 13.8 Å². The smallest absolute Gasteiger partial charge is 0.244 e. The summed E-state index contributed by atoms with van der Waals surface area (Å²) in [5.74, 6) is -0.0116. The van der Waals surface area contributed by atoms with Gasteiger partial charge in [0.15, 0.2) is 5.78 Å². The first-order chi connectivity index (χ1) is 12.8. The molecule has 3 rings (SSSR count). The molecule has 0 radical (unpaired) electrons. The van der Waals surface area contributed by atoms with Crippen molar-refractivity contribution in [1.29, 1.82) is 0 Å². The van der Waals surface area contributed by atoms with Gasteiger partial charge in [-0.25, -0.2) is 0 Å². The molecule has 144 valence electrons. The summed E-state index contributed by atoms with van der Waals surface area (Å²) in [4.78, 5) is 28.6. The van der Waals surface area contributed by atoms with Crippen LogP contribution in [-0.4, -0.2) is 58.0 Å². The number of carbonyl (C=O) groups excluding carboxylic acids is 2. The fourth-order valence-corrected chi connectivity index (χ4v) is 3.95. The number of fused-ring (bicyclic) bond motifs is 1. The highest BCUT2D eigenvalue weighted by molar-refractivity contribution is 5.96. The van der Waals surface area contributed by atoms with Crippen molar-refractivity contribution in [2.75, 3.05) is 20.6 Å². The summed E-state index contributed by atoms with van der Waals surface area (Å²) in [6, 6.07) is 8.79. The van der Waals surface area contributed by atoms with Crippen LogP contribution in [0.1, 0.15) is 39.8 Å². The van der Waals surface area contributed by atoms with Crippen molar-refractivity contribution >= 4 is 11.7 Å². The van der Waals surface area contributed by atoms with Gasteiger partial charge in [-0.1, -0.05) is 24.3 Å². The minimum Gasteiger partial charge on any atom is -0.343 e. The van der Waals surface area contributed by atoms with E-state index in [1.54, 1.807) is 9.58 Å². The van der Waals surface area contributed by atoms with E-state index in [2.05, 4.69) is 41.3 Å². The second kappa shape index (κ2) is 7.64. The zero-order valence-electron chi connectivity index (χ0n) is 16.8. The number of carbonyl (C=O) groups is 2. The molecule has 0 unspecified atom stereocenters. The highest BCUT2D eigenvalue weighted by Gasteiger charge is 2.26. The van der Waals surface area contributed by atoms with Crippen LogP contribution < -0.4 is 0 Å². The molecular formula is C21H28N4O2. The van der Waals surface area contributed by atoms with Gasteiger partial charge in [-0.3, -0.25) is 19.2 Å². The Kier molecular flexibility index (Phi) is 5.46. The molecule has 2 heterocycles. The third-order valence-electron chi connectivity index (χ3n) is 5.55. The molecule has 0 saturated carbocycles. The molecule has 1 aliphatic rings. The lowest BCUT2D eigenvalue weighted by Crippen LogP contribution is -2.46. The van der Waals surface area contributed by atoms with Crippen molar-refractivity contribution < 1.29 is 9.59 Å². The summed E-state index contributed by atoms with van der Waals surface area (Å²) in [5, 5.41) is 4.38.